The average molecular weight is 321 g/mol. The van der Waals surface area contributed by atoms with E-state index in [1.807, 2.05) is 11.3 Å². The molecule has 1 unspecified atom stereocenters. The van der Waals surface area contributed by atoms with Crippen LogP contribution in [0.25, 0.3) is 0 Å². The van der Waals surface area contributed by atoms with E-state index in [1.165, 1.54) is 35.3 Å². The summed E-state index contributed by atoms with van der Waals surface area (Å²) in [5.41, 5.74) is 4.36. The zero-order valence-electron chi connectivity index (χ0n) is 10.6. The number of benzene rings is 1. The summed E-state index contributed by atoms with van der Waals surface area (Å²) in [7, 11) is 0. The van der Waals surface area contributed by atoms with E-state index in [0.717, 1.165) is 6.42 Å². The zero-order valence-corrected chi connectivity index (χ0v) is 13.0. The van der Waals surface area contributed by atoms with Gasteiger partial charge in [0.2, 0.25) is 0 Å². The van der Waals surface area contributed by atoms with Crippen LogP contribution in [-0.4, -0.2) is 0 Å². The van der Waals surface area contributed by atoms with Gasteiger partial charge in [0.05, 0.1) is 4.83 Å². The van der Waals surface area contributed by atoms with Crippen molar-refractivity contribution >= 4 is 27.3 Å². The minimum Gasteiger partial charge on any atom is -0.144 e. The Bertz CT molecular complexity index is 517. The molecule has 2 aromatic rings. The Morgan fingerprint density at radius 3 is 2.67 bits per heavy atom. The first-order chi connectivity index (χ1) is 8.78. The lowest BCUT2D eigenvalue weighted by molar-refractivity contribution is 0.913. The van der Waals surface area contributed by atoms with Crippen LogP contribution in [0.5, 0.6) is 0 Å². The Hall–Kier alpha value is -0.600. The molecular formula is C16H17BrS. The predicted molar refractivity (Wildman–Crippen MR) is 82.9 cm³/mol. The summed E-state index contributed by atoms with van der Waals surface area (Å²) in [6.07, 6.45) is 5.02. The van der Waals surface area contributed by atoms with E-state index >= 15 is 0 Å². The largest absolute Gasteiger partial charge is 0.144 e. The highest BCUT2D eigenvalue weighted by Crippen LogP contribution is 2.40. The van der Waals surface area contributed by atoms with E-state index < -0.39 is 0 Å². The van der Waals surface area contributed by atoms with E-state index in [1.54, 1.807) is 10.4 Å². The fourth-order valence-corrected chi connectivity index (χ4v) is 4.55. The highest BCUT2D eigenvalue weighted by Gasteiger charge is 2.19. The fourth-order valence-electron chi connectivity index (χ4n) is 2.56. The maximum absolute atomic E-state index is 3.85. The SMILES string of the molecule is CCc1ccc(C(Br)c2cc3c(s2)CCC3)cc1. The first-order valence-corrected chi connectivity index (χ1v) is 8.35. The van der Waals surface area contributed by atoms with Crippen molar-refractivity contribution in [2.75, 3.05) is 0 Å². The van der Waals surface area contributed by atoms with Crippen LogP contribution in [0.4, 0.5) is 0 Å². The topological polar surface area (TPSA) is 0 Å². The Kier molecular flexibility index (Phi) is 3.58. The standard InChI is InChI=1S/C16H17BrS/c1-2-11-6-8-12(9-7-11)16(17)15-10-13-4-3-5-14(13)18-15/h6-10,16H,2-5H2,1H3. The molecule has 0 nitrogen and oxygen atoms in total. The Balaban J connectivity index is 1.86. The number of rotatable bonds is 3. The van der Waals surface area contributed by atoms with E-state index in [2.05, 4.69) is 53.2 Å². The quantitative estimate of drug-likeness (QED) is 0.674. The second kappa shape index (κ2) is 5.18. The third kappa shape index (κ3) is 2.28. The van der Waals surface area contributed by atoms with E-state index in [4.69, 9.17) is 0 Å². The molecule has 0 aliphatic heterocycles. The van der Waals surface area contributed by atoms with Crippen LogP contribution in [0.15, 0.2) is 30.3 Å². The molecule has 3 rings (SSSR count). The lowest BCUT2D eigenvalue weighted by Crippen LogP contribution is -1.90. The number of fused-ring (bicyclic) bond motifs is 1. The summed E-state index contributed by atoms with van der Waals surface area (Å²) in [5, 5.41) is 0. The van der Waals surface area contributed by atoms with Crippen LogP contribution in [0.3, 0.4) is 0 Å². The molecule has 0 bridgehead atoms. The number of alkyl halides is 1. The summed E-state index contributed by atoms with van der Waals surface area (Å²) < 4.78 is 0. The monoisotopic (exact) mass is 320 g/mol. The first-order valence-electron chi connectivity index (χ1n) is 6.62. The maximum atomic E-state index is 3.85. The minimum atomic E-state index is 0.360. The highest BCUT2D eigenvalue weighted by molar-refractivity contribution is 9.09. The fraction of sp³-hybridized carbons (Fsp3) is 0.375. The molecule has 1 atom stereocenters. The number of aryl methyl sites for hydroxylation is 3. The van der Waals surface area contributed by atoms with Gasteiger partial charge in [0, 0.05) is 9.75 Å². The Labute approximate surface area is 121 Å². The smallest absolute Gasteiger partial charge is 0.0738 e. The summed E-state index contributed by atoms with van der Waals surface area (Å²) in [6.45, 7) is 2.20. The Morgan fingerprint density at radius 2 is 2.00 bits per heavy atom. The molecule has 0 radical (unpaired) electrons. The molecule has 0 fully saturated rings. The molecule has 1 heterocycles. The highest BCUT2D eigenvalue weighted by atomic mass is 79.9. The second-order valence-electron chi connectivity index (χ2n) is 4.91. The first kappa shape index (κ1) is 12.4. The number of thiophene rings is 1. The lowest BCUT2D eigenvalue weighted by Gasteiger charge is -2.09. The molecule has 18 heavy (non-hydrogen) atoms. The molecule has 1 aromatic carbocycles. The molecule has 0 N–H and O–H groups in total. The molecule has 1 aromatic heterocycles. The molecule has 1 aliphatic rings. The molecule has 0 amide bonds. The second-order valence-corrected chi connectivity index (χ2v) is 6.99. The molecule has 0 saturated heterocycles. The van der Waals surface area contributed by atoms with Crippen molar-refractivity contribution in [2.24, 2.45) is 0 Å². The zero-order chi connectivity index (χ0) is 12.5. The number of halogens is 1. The summed E-state index contributed by atoms with van der Waals surface area (Å²) in [6, 6.07) is 11.4. The van der Waals surface area contributed by atoms with Gasteiger partial charge in [-0.25, -0.2) is 0 Å². The average Bonchev–Trinajstić information content (AvgIpc) is 2.99. The molecule has 1 aliphatic carbocycles. The van der Waals surface area contributed by atoms with Crippen LogP contribution in [0.1, 0.15) is 44.6 Å². The molecule has 2 heteroatoms. The van der Waals surface area contributed by atoms with Crippen LogP contribution >= 0.6 is 27.3 Å². The number of hydrogen-bond donors (Lipinski definition) is 0. The molecule has 0 spiro atoms. The van der Waals surface area contributed by atoms with Crippen molar-refractivity contribution in [2.45, 2.75) is 37.4 Å². The summed E-state index contributed by atoms with van der Waals surface area (Å²) >= 11 is 5.84. The maximum Gasteiger partial charge on any atom is 0.0738 e. The van der Waals surface area contributed by atoms with Gasteiger partial charge in [-0.1, -0.05) is 47.1 Å². The Morgan fingerprint density at radius 1 is 1.22 bits per heavy atom. The normalized spacial score (nSPS) is 15.7. The lowest BCUT2D eigenvalue weighted by atomic mass is 10.1. The van der Waals surface area contributed by atoms with Crippen molar-refractivity contribution in [1.29, 1.82) is 0 Å². The number of hydrogen-bond acceptors (Lipinski definition) is 1. The van der Waals surface area contributed by atoms with Crippen molar-refractivity contribution < 1.29 is 0 Å². The van der Waals surface area contributed by atoms with Gasteiger partial charge in [-0.2, -0.15) is 0 Å². The van der Waals surface area contributed by atoms with Gasteiger partial charge in [0.15, 0.2) is 0 Å². The van der Waals surface area contributed by atoms with E-state index in [0.29, 0.717) is 4.83 Å². The summed E-state index contributed by atoms with van der Waals surface area (Å²) in [4.78, 5) is 3.43. The van der Waals surface area contributed by atoms with Crippen molar-refractivity contribution in [3.63, 3.8) is 0 Å². The van der Waals surface area contributed by atoms with Crippen LogP contribution in [-0.2, 0) is 19.3 Å². The van der Waals surface area contributed by atoms with Crippen molar-refractivity contribution in [3.05, 3.63) is 56.8 Å². The molecule has 0 saturated carbocycles. The molecule has 94 valence electrons. The van der Waals surface area contributed by atoms with Gasteiger partial charge in [0.1, 0.15) is 0 Å². The van der Waals surface area contributed by atoms with Gasteiger partial charge in [-0.05, 0) is 48.4 Å². The third-order valence-electron chi connectivity index (χ3n) is 3.70. The van der Waals surface area contributed by atoms with Gasteiger partial charge in [0.25, 0.3) is 0 Å². The van der Waals surface area contributed by atoms with Crippen LogP contribution in [0.2, 0.25) is 0 Å². The predicted octanol–water partition coefficient (Wildman–Crippen LogP) is 5.28. The van der Waals surface area contributed by atoms with Crippen LogP contribution < -0.4 is 0 Å². The van der Waals surface area contributed by atoms with Gasteiger partial charge in [-0.15, -0.1) is 11.3 Å². The van der Waals surface area contributed by atoms with Crippen molar-refractivity contribution in [1.82, 2.24) is 0 Å². The van der Waals surface area contributed by atoms with Gasteiger partial charge < -0.3 is 0 Å². The molecular weight excluding hydrogens is 304 g/mol. The van der Waals surface area contributed by atoms with Gasteiger partial charge >= 0.3 is 0 Å². The van der Waals surface area contributed by atoms with E-state index in [-0.39, 0.29) is 0 Å². The third-order valence-corrected chi connectivity index (χ3v) is 6.32. The van der Waals surface area contributed by atoms with Gasteiger partial charge in [-0.3, -0.25) is 0 Å². The minimum absolute atomic E-state index is 0.360. The van der Waals surface area contributed by atoms with Crippen LogP contribution in [0, 0.1) is 0 Å². The van der Waals surface area contributed by atoms with E-state index in [9.17, 15) is 0 Å². The summed E-state index contributed by atoms with van der Waals surface area (Å²) in [5.74, 6) is 0. The van der Waals surface area contributed by atoms with Crippen molar-refractivity contribution in [3.8, 4) is 0 Å².